The summed E-state index contributed by atoms with van der Waals surface area (Å²) in [6.07, 6.45) is 6.15. The summed E-state index contributed by atoms with van der Waals surface area (Å²) in [6, 6.07) is 11.1. The summed E-state index contributed by atoms with van der Waals surface area (Å²) in [6.45, 7) is 1.47. The maximum atomic E-state index is 12.4. The molecular formula is C20H24BrN3O3. The summed E-state index contributed by atoms with van der Waals surface area (Å²) in [5, 5.41) is 5.90. The van der Waals surface area contributed by atoms with E-state index in [0.717, 1.165) is 36.7 Å². The molecule has 2 aromatic rings. The lowest BCUT2D eigenvalue weighted by Gasteiger charge is -2.34. The minimum atomic E-state index is -0.286. The fraction of sp³-hybridized carbons (Fsp3) is 0.400. The molecule has 3 rings (SSSR count). The number of fused-ring (bicyclic) bond motifs is 1. The fourth-order valence-electron chi connectivity index (χ4n) is 3.07. The van der Waals surface area contributed by atoms with Gasteiger partial charge in [-0.3, -0.25) is 19.3 Å². The minimum absolute atomic E-state index is 0.0999. The molecular weight excluding hydrogens is 410 g/mol. The Labute approximate surface area is 167 Å². The van der Waals surface area contributed by atoms with Crippen LogP contribution >= 0.6 is 15.9 Å². The van der Waals surface area contributed by atoms with E-state index in [1.54, 1.807) is 10.9 Å². The van der Waals surface area contributed by atoms with Gasteiger partial charge in [-0.25, -0.2) is 0 Å². The Bertz CT molecular complexity index is 823. The molecule has 7 heteroatoms. The molecule has 0 saturated heterocycles. The first kappa shape index (κ1) is 19.5. The number of hydrogen-bond acceptors (Lipinski definition) is 4. The standard InChI is InChI=1S/C20H24BrN3O3/c21-11-6-1-2-7-12-23-15-22-20(26)18-19(17(25)10-13-24(18)23)27-14-16-8-4-3-5-9-16/h3-5,8-10,13H,1-2,6-7,11-12,14-15H2,(H,22,26). The summed E-state index contributed by atoms with van der Waals surface area (Å²) in [5.74, 6) is -0.186. The number of pyridine rings is 1. The normalized spacial score (nSPS) is 13.2. The van der Waals surface area contributed by atoms with Crippen molar-refractivity contribution in [2.24, 2.45) is 0 Å². The highest BCUT2D eigenvalue weighted by molar-refractivity contribution is 9.09. The van der Waals surface area contributed by atoms with E-state index in [0.29, 0.717) is 6.67 Å². The largest absolute Gasteiger partial charge is 0.482 e. The van der Waals surface area contributed by atoms with Crippen LogP contribution < -0.4 is 20.5 Å². The van der Waals surface area contributed by atoms with E-state index in [4.69, 9.17) is 4.74 Å². The van der Waals surface area contributed by atoms with Crippen LogP contribution in [-0.2, 0) is 6.61 Å². The number of halogens is 1. The molecule has 1 aromatic heterocycles. The SMILES string of the molecule is O=C1NCN(CCCCCCBr)n2ccc(=O)c(OCc3ccccc3)c21. The molecule has 0 aliphatic carbocycles. The highest BCUT2D eigenvalue weighted by atomic mass is 79.9. The van der Waals surface area contributed by atoms with Crippen LogP contribution in [0, 0.1) is 0 Å². The fourth-order valence-corrected chi connectivity index (χ4v) is 3.47. The number of rotatable bonds is 9. The van der Waals surface area contributed by atoms with Crippen LogP contribution in [0.4, 0.5) is 0 Å². The van der Waals surface area contributed by atoms with E-state index in [2.05, 4.69) is 21.2 Å². The Morgan fingerprint density at radius 3 is 2.59 bits per heavy atom. The first-order valence-electron chi connectivity index (χ1n) is 9.22. The Kier molecular flexibility index (Phi) is 6.92. The quantitative estimate of drug-likeness (QED) is 0.487. The van der Waals surface area contributed by atoms with Crippen LogP contribution in [0.2, 0.25) is 0 Å². The van der Waals surface area contributed by atoms with Gasteiger partial charge in [0.1, 0.15) is 13.3 Å². The van der Waals surface area contributed by atoms with Crippen molar-refractivity contribution in [2.75, 3.05) is 23.6 Å². The van der Waals surface area contributed by atoms with Crippen molar-refractivity contribution in [1.82, 2.24) is 9.99 Å². The zero-order chi connectivity index (χ0) is 19.1. The third-order valence-corrected chi connectivity index (χ3v) is 5.06. The average molecular weight is 434 g/mol. The first-order chi connectivity index (χ1) is 13.2. The number of unbranched alkanes of at least 4 members (excludes halogenated alkanes) is 3. The molecule has 2 heterocycles. The number of carbonyl (C=O) groups is 1. The number of benzene rings is 1. The van der Waals surface area contributed by atoms with Crippen molar-refractivity contribution < 1.29 is 9.53 Å². The van der Waals surface area contributed by atoms with Gasteiger partial charge >= 0.3 is 0 Å². The van der Waals surface area contributed by atoms with Crippen LogP contribution in [0.5, 0.6) is 5.75 Å². The van der Waals surface area contributed by atoms with E-state index in [-0.39, 0.29) is 29.4 Å². The minimum Gasteiger partial charge on any atom is -0.482 e. The Balaban J connectivity index is 1.76. The van der Waals surface area contributed by atoms with Gasteiger partial charge in [0.05, 0.1) is 0 Å². The molecule has 0 saturated carbocycles. The van der Waals surface area contributed by atoms with E-state index >= 15 is 0 Å². The van der Waals surface area contributed by atoms with Crippen molar-refractivity contribution in [1.29, 1.82) is 0 Å². The Morgan fingerprint density at radius 1 is 1.04 bits per heavy atom. The van der Waals surface area contributed by atoms with Crippen molar-refractivity contribution in [3.8, 4) is 5.75 Å². The zero-order valence-electron chi connectivity index (χ0n) is 15.2. The maximum Gasteiger partial charge on any atom is 0.275 e. The summed E-state index contributed by atoms with van der Waals surface area (Å²) in [4.78, 5) is 24.8. The lowest BCUT2D eigenvalue weighted by molar-refractivity contribution is 0.0915. The second kappa shape index (κ2) is 9.60. The van der Waals surface area contributed by atoms with Crippen LogP contribution in [0.1, 0.15) is 41.7 Å². The van der Waals surface area contributed by atoms with E-state index in [1.807, 2.05) is 35.3 Å². The van der Waals surface area contributed by atoms with Crippen LogP contribution in [0.3, 0.4) is 0 Å². The summed E-state index contributed by atoms with van der Waals surface area (Å²) < 4.78 is 7.53. The number of nitrogens with zero attached hydrogens (tertiary/aromatic N) is 2. The van der Waals surface area contributed by atoms with E-state index < -0.39 is 0 Å². The number of carbonyl (C=O) groups excluding carboxylic acids is 1. The molecule has 1 aromatic carbocycles. The van der Waals surface area contributed by atoms with Crippen molar-refractivity contribution in [3.63, 3.8) is 0 Å². The second-order valence-electron chi connectivity index (χ2n) is 6.47. The van der Waals surface area contributed by atoms with Gasteiger partial charge in [0, 0.05) is 24.1 Å². The molecule has 1 amide bonds. The highest BCUT2D eigenvalue weighted by Crippen LogP contribution is 2.18. The maximum absolute atomic E-state index is 12.4. The number of alkyl halides is 1. The van der Waals surface area contributed by atoms with Gasteiger partial charge in [0.2, 0.25) is 5.43 Å². The van der Waals surface area contributed by atoms with Gasteiger partial charge in [-0.1, -0.05) is 59.1 Å². The zero-order valence-corrected chi connectivity index (χ0v) is 16.8. The third-order valence-electron chi connectivity index (χ3n) is 4.50. The van der Waals surface area contributed by atoms with Crippen LogP contribution in [0.15, 0.2) is 47.4 Å². The van der Waals surface area contributed by atoms with Gasteiger partial charge in [-0.05, 0) is 18.4 Å². The third kappa shape index (κ3) is 4.91. The Morgan fingerprint density at radius 2 is 1.81 bits per heavy atom. The van der Waals surface area contributed by atoms with Crippen molar-refractivity contribution >= 4 is 21.8 Å². The molecule has 1 aliphatic rings. The molecule has 1 aliphatic heterocycles. The summed E-state index contributed by atoms with van der Waals surface area (Å²) >= 11 is 3.45. The average Bonchev–Trinajstić information content (AvgIpc) is 2.69. The van der Waals surface area contributed by atoms with Gasteiger partial charge in [-0.2, -0.15) is 0 Å². The molecule has 0 fully saturated rings. The topological polar surface area (TPSA) is 63.6 Å². The molecule has 1 N–H and O–H groups in total. The molecule has 0 spiro atoms. The molecule has 27 heavy (non-hydrogen) atoms. The molecule has 0 atom stereocenters. The van der Waals surface area contributed by atoms with Gasteiger partial charge in [0.15, 0.2) is 11.4 Å². The van der Waals surface area contributed by atoms with Crippen LogP contribution in [-0.4, -0.2) is 29.1 Å². The number of ether oxygens (including phenoxy) is 1. The first-order valence-corrected chi connectivity index (χ1v) is 10.3. The summed E-state index contributed by atoms with van der Waals surface area (Å²) in [7, 11) is 0. The number of hydrogen-bond donors (Lipinski definition) is 1. The molecule has 0 bridgehead atoms. The summed E-state index contributed by atoms with van der Waals surface area (Å²) in [5.41, 5.74) is 0.927. The number of amides is 1. The highest BCUT2D eigenvalue weighted by Gasteiger charge is 2.27. The van der Waals surface area contributed by atoms with Gasteiger partial charge in [-0.15, -0.1) is 0 Å². The number of nitrogens with one attached hydrogen (secondary N) is 1. The van der Waals surface area contributed by atoms with Crippen LogP contribution in [0.25, 0.3) is 0 Å². The van der Waals surface area contributed by atoms with Gasteiger partial charge < -0.3 is 10.1 Å². The lowest BCUT2D eigenvalue weighted by Crippen LogP contribution is -2.52. The monoisotopic (exact) mass is 433 g/mol. The predicted molar refractivity (Wildman–Crippen MR) is 109 cm³/mol. The van der Waals surface area contributed by atoms with E-state index in [9.17, 15) is 9.59 Å². The smallest absolute Gasteiger partial charge is 0.275 e. The lowest BCUT2D eigenvalue weighted by atomic mass is 10.2. The van der Waals surface area contributed by atoms with Crippen molar-refractivity contribution in [2.45, 2.75) is 32.3 Å². The van der Waals surface area contributed by atoms with E-state index in [1.165, 1.54) is 12.5 Å². The number of aromatic nitrogens is 1. The second-order valence-corrected chi connectivity index (χ2v) is 7.27. The Hall–Kier alpha value is -2.28. The molecule has 6 nitrogen and oxygen atoms in total. The molecule has 0 unspecified atom stereocenters. The predicted octanol–water partition coefficient (Wildman–Crippen LogP) is 3.02. The molecule has 144 valence electrons. The molecule has 0 radical (unpaired) electrons. The van der Waals surface area contributed by atoms with Crippen molar-refractivity contribution in [3.05, 3.63) is 64.1 Å². The van der Waals surface area contributed by atoms with Gasteiger partial charge in [0.25, 0.3) is 5.91 Å².